The van der Waals surface area contributed by atoms with Gasteiger partial charge >= 0.3 is 0 Å². The van der Waals surface area contributed by atoms with Gasteiger partial charge < -0.3 is 15.4 Å². The number of thiophene rings is 1. The topological polar surface area (TPSA) is 55.6 Å². The summed E-state index contributed by atoms with van der Waals surface area (Å²) < 4.78 is 5.93. The Morgan fingerprint density at radius 3 is 2.88 bits per heavy atom. The fourth-order valence-electron chi connectivity index (χ4n) is 3.75. The predicted octanol–water partition coefficient (Wildman–Crippen LogP) is 3.17. The highest BCUT2D eigenvalue weighted by atomic mass is 32.1. The van der Waals surface area contributed by atoms with Gasteiger partial charge in [0.1, 0.15) is 5.75 Å². The molecule has 1 aromatic heterocycles. The van der Waals surface area contributed by atoms with Crippen molar-refractivity contribution in [1.82, 2.24) is 4.90 Å². The Morgan fingerprint density at radius 1 is 1.32 bits per heavy atom. The molecule has 4 nitrogen and oxygen atoms in total. The van der Waals surface area contributed by atoms with Gasteiger partial charge in [0.05, 0.1) is 6.61 Å². The van der Waals surface area contributed by atoms with Crippen LogP contribution in [0.5, 0.6) is 5.75 Å². The molecule has 3 heterocycles. The zero-order valence-electron chi connectivity index (χ0n) is 14.1. The van der Waals surface area contributed by atoms with Crippen molar-refractivity contribution in [2.45, 2.75) is 24.8 Å². The standard InChI is InChI=1S/C20H22N2O2S/c21-12-16-1-3-18-17(11-16)20(14-24-18)6-8-22(9-7-20)19(23)4-2-15-5-10-25-13-15/h1-5,10-11,13H,6-9,12,14,21H2/b4-2+. The van der Waals surface area contributed by atoms with Crippen LogP contribution in [-0.4, -0.2) is 30.5 Å². The van der Waals surface area contributed by atoms with Crippen molar-refractivity contribution >= 4 is 23.3 Å². The SMILES string of the molecule is NCc1ccc2c(c1)C1(CCN(C(=O)/C=C/c3ccsc3)CC1)CO2. The molecular formula is C20H22N2O2S. The van der Waals surface area contributed by atoms with E-state index in [4.69, 9.17) is 10.5 Å². The van der Waals surface area contributed by atoms with Gasteiger partial charge in [-0.3, -0.25) is 4.79 Å². The lowest BCUT2D eigenvalue weighted by Crippen LogP contribution is -2.45. The van der Waals surface area contributed by atoms with Gasteiger partial charge in [0.25, 0.3) is 0 Å². The first-order valence-corrected chi connectivity index (χ1v) is 9.60. The summed E-state index contributed by atoms with van der Waals surface area (Å²) in [6.07, 6.45) is 5.45. The average molecular weight is 354 g/mol. The Balaban J connectivity index is 1.45. The summed E-state index contributed by atoms with van der Waals surface area (Å²) in [6.45, 7) is 2.79. The van der Waals surface area contributed by atoms with Gasteiger partial charge in [0.2, 0.25) is 5.91 Å². The largest absolute Gasteiger partial charge is 0.492 e. The smallest absolute Gasteiger partial charge is 0.246 e. The van der Waals surface area contributed by atoms with E-state index in [0.717, 1.165) is 42.8 Å². The fourth-order valence-corrected chi connectivity index (χ4v) is 4.38. The summed E-state index contributed by atoms with van der Waals surface area (Å²) in [7, 11) is 0. The number of amides is 1. The number of ether oxygens (including phenoxy) is 1. The van der Waals surface area contributed by atoms with E-state index in [1.54, 1.807) is 17.4 Å². The third-order valence-corrected chi connectivity index (χ3v) is 6.05. The van der Waals surface area contributed by atoms with Gasteiger partial charge in [0, 0.05) is 36.7 Å². The summed E-state index contributed by atoms with van der Waals surface area (Å²) in [5, 5.41) is 4.05. The van der Waals surface area contributed by atoms with Crippen LogP contribution in [0.3, 0.4) is 0 Å². The summed E-state index contributed by atoms with van der Waals surface area (Å²) in [6, 6.07) is 8.27. The van der Waals surface area contributed by atoms with Crippen molar-refractivity contribution in [2.75, 3.05) is 19.7 Å². The molecule has 0 unspecified atom stereocenters. The van der Waals surface area contributed by atoms with Gasteiger partial charge in [-0.2, -0.15) is 11.3 Å². The number of fused-ring (bicyclic) bond motifs is 2. The number of carbonyl (C=O) groups is 1. The van der Waals surface area contributed by atoms with E-state index in [2.05, 4.69) is 6.07 Å². The molecule has 1 saturated heterocycles. The molecule has 1 fully saturated rings. The maximum absolute atomic E-state index is 12.4. The van der Waals surface area contributed by atoms with Gasteiger partial charge in [-0.25, -0.2) is 0 Å². The number of hydrogen-bond donors (Lipinski definition) is 1. The van der Waals surface area contributed by atoms with Gasteiger partial charge in [0.15, 0.2) is 0 Å². The van der Waals surface area contributed by atoms with Gasteiger partial charge in [-0.1, -0.05) is 12.1 Å². The van der Waals surface area contributed by atoms with Crippen LogP contribution in [0, 0.1) is 0 Å². The van der Waals surface area contributed by atoms with Crippen LogP contribution in [0.4, 0.5) is 0 Å². The molecule has 4 rings (SSSR count). The minimum atomic E-state index is 0.0361. The van der Waals surface area contributed by atoms with Crippen molar-refractivity contribution in [2.24, 2.45) is 5.73 Å². The Morgan fingerprint density at radius 2 is 2.16 bits per heavy atom. The second-order valence-electron chi connectivity index (χ2n) is 6.82. The van der Waals surface area contributed by atoms with Crippen molar-refractivity contribution in [1.29, 1.82) is 0 Å². The lowest BCUT2D eigenvalue weighted by Gasteiger charge is -2.38. The summed E-state index contributed by atoms with van der Waals surface area (Å²) in [5.74, 6) is 1.07. The Bertz CT molecular complexity index is 790. The quantitative estimate of drug-likeness (QED) is 0.862. The number of benzene rings is 1. The first-order valence-electron chi connectivity index (χ1n) is 8.66. The molecule has 0 atom stereocenters. The van der Waals surface area contributed by atoms with Gasteiger partial charge in [-0.05, 0) is 52.9 Å². The molecule has 5 heteroatoms. The molecule has 0 bridgehead atoms. The third kappa shape index (κ3) is 3.10. The number of rotatable bonds is 3. The highest BCUT2D eigenvalue weighted by Gasteiger charge is 2.43. The summed E-state index contributed by atoms with van der Waals surface area (Å²) >= 11 is 1.64. The monoisotopic (exact) mass is 354 g/mol. The van der Waals surface area contributed by atoms with Crippen LogP contribution >= 0.6 is 11.3 Å². The summed E-state index contributed by atoms with van der Waals surface area (Å²) in [4.78, 5) is 14.4. The van der Waals surface area contributed by atoms with Crippen molar-refractivity contribution < 1.29 is 9.53 Å². The van der Waals surface area contributed by atoms with Gasteiger partial charge in [-0.15, -0.1) is 0 Å². The molecule has 0 radical (unpaired) electrons. The molecular weight excluding hydrogens is 332 g/mol. The molecule has 2 aliphatic rings. The number of piperidine rings is 1. The van der Waals surface area contributed by atoms with Crippen LogP contribution in [0.25, 0.3) is 6.08 Å². The van der Waals surface area contributed by atoms with E-state index in [1.807, 2.05) is 39.9 Å². The molecule has 0 aliphatic carbocycles. The highest BCUT2D eigenvalue weighted by Crippen LogP contribution is 2.45. The van der Waals surface area contributed by atoms with E-state index in [1.165, 1.54) is 5.56 Å². The second kappa shape index (κ2) is 6.65. The molecule has 130 valence electrons. The molecule has 1 spiro atoms. The zero-order valence-corrected chi connectivity index (χ0v) is 14.9. The fraction of sp³-hybridized carbons (Fsp3) is 0.350. The lowest BCUT2D eigenvalue weighted by molar-refractivity contribution is -0.127. The number of likely N-dealkylation sites (tertiary alicyclic amines) is 1. The molecule has 2 aliphatic heterocycles. The first kappa shape index (κ1) is 16.4. The first-order chi connectivity index (χ1) is 12.2. The summed E-state index contributed by atoms with van der Waals surface area (Å²) in [5.41, 5.74) is 9.33. The van der Waals surface area contributed by atoms with E-state index >= 15 is 0 Å². The van der Waals surface area contributed by atoms with Crippen LogP contribution in [0.2, 0.25) is 0 Å². The number of carbonyl (C=O) groups excluding carboxylic acids is 1. The molecule has 2 N–H and O–H groups in total. The van der Waals surface area contributed by atoms with Crippen LogP contribution in [0.15, 0.2) is 41.1 Å². The Labute approximate surface area is 151 Å². The zero-order chi connectivity index (χ0) is 17.3. The normalized spacial score (nSPS) is 18.5. The van der Waals surface area contributed by atoms with E-state index in [0.29, 0.717) is 13.2 Å². The second-order valence-corrected chi connectivity index (χ2v) is 7.60. The minimum Gasteiger partial charge on any atom is -0.492 e. The van der Waals surface area contributed by atoms with E-state index < -0.39 is 0 Å². The van der Waals surface area contributed by atoms with Crippen molar-refractivity contribution in [3.63, 3.8) is 0 Å². The van der Waals surface area contributed by atoms with Crippen LogP contribution < -0.4 is 10.5 Å². The maximum atomic E-state index is 12.4. The Kier molecular flexibility index (Phi) is 4.36. The molecule has 2 aromatic rings. The number of nitrogens with two attached hydrogens (primary N) is 1. The van der Waals surface area contributed by atoms with Crippen molar-refractivity contribution in [3.8, 4) is 5.75 Å². The molecule has 25 heavy (non-hydrogen) atoms. The Hall–Kier alpha value is -2.11. The maximum Gasteiger partial charge on any atom is 0.246 e. The lowest BCUT2D eigenvalue weighted by atomic mass is 9.74. The molecule has 1 amide bonds. The van der Waals surface area contributed by atoms with E-state index in [9.17, 15) is 4.79 Å². The highest BCUT2D eigenvalue weighted by molar-refractivity contribution is 7.08. The predicted molar refractivity (Wildman–Crippen MR) is 101 cm³/mol. The number of hydrogen-bond acceptors (Lipinski definition) is 4. The average Bonchev–Trinajstić information content (AvgIpc) is 3.29. The van der Waals surface area contributed by atoms with Crippen LogP contribution in [0.1, 0.15) is 29.5 Å². The molecule has 0 saturated carbocycles. The van der Waals surface area contributed by atoms with Crippen molar-refractivity contribution in [3.05, 3.63) is 57.8 Å². The minimum absolute atomic E-state index is 0.0361. The third-order valence-electron chi connectivity index (χ3n) is 5.35. The number of nitrogens with zero attached hydrogens (tertiary/aromatic N) is 1. The van der Waals surface area contributed by atoms with E-state index in [-0.39, 0.29) is 11.3 Å². The molecule has 1 aromatic carbocycles. The van der Waals surface area contributed by atoms with Crippen LogP contribution in [-0.2, 0) is 16.8 Å².